The highest BCUT2D eigenvalue weighted by Crippen LogP contribution is 2.21. The van der Waals surface area contributed by atoms with Crippen LogP contribution in [0.15, 0.2) is 78.0 Å². The van der Waals surface area contributed by atoms with E-state index in [9.17, 15) is 13.2 Å². The van der Waals surface area contributed by atoms with Crippen LogP contribution >= 0.6 is 0 Å². The maximum Gasteiger partial charge on any atom is 0.319 e. The van der Waals surface area contributed by atoms with Crippen LogP contribution in [0.1, 0.15) is 11.1 Å². The van der Waals surface area contributed by atoms with E-state index in [2.05, 4.69) is 20.3 Å². The van der Waals surface area contributed by atoms with Crippen molar-refractivity contribution in [2.75, 3.05) is 10.0 Å². The summed E-state index contributed by atoms with van der Waals surface area (Å²) in [6.45, 7) is 0.548. The topological polar surface area (TPSA) is 126 Å². The van der Waals surface area contributed by atoms with Gasteiger partial charge in [-0.25, -0.2) is 13.2 Å². The summed E-state index contributed by atoms with van der Waals surface area (Å²) in [6, 6.07) is 16.1. The lowest BCUT2D eigenvalue weighted by Crippen LogP contribution is -2.28. The predicted octanol–water partition coefficient (Wildman–Crippen LogP) is 2.66. The molecule has 0 atom stereocenters. The van der Waals surface area contributed by atoms with Gasteiger partial charge >= 0.3 is 6.03 Å². The normalized spacial score (nSPS) is 10.9. The number of anilines is 2. The molecule has 3 aromatic rings. The van der Waals surface area contributed by atoms with Gasteiger partial charge in [-0.05, 0) is 47.5 Å². The number of hydrogen-bond donors (Lipinski definition) is 4. The van der Waals surface area contributed by atoms with Crippen LogP contribution in [0.5, 0.6) is 0 Å². The third-order valence-corrected chi connectivity index (χ3v) is 5.46. The van der Waals surface area contributed by atoms with E-state index in [-0.39, 0.29) is 11.4 Å². The first-order valence-corrected chi connectivity index (χ1v) is 10.3. The minimum atomic E-state index is -3.78. The fourth-order valence-electron chi connectivity index (χ4n) is 2.58. The fourth-order valence-corrected chi connectivity index (χ4v) is 3.68. The van der Waals surface area contributed by atoms with Crippen LogP contribution in [0.3, 0.4) is 0 Å². The van der Waals surface area contributed by atoms with Crippen LogP contribution in [0.25, 0.3) is 0 Å². The van der Waals surface area contributed by atoms with Crippen LogP contribution in [0.4, 0.5) is 16.2 Å². The molecule has 0 aliphatic heterocycles. The first kappa shape index (κ1) is 20.3. The molecule has 0 aliphatic carbocycles. The zero-order valence-electron chi connectivity index (χ0n) is 15.5. The number of nitrogens with zero attached hydrogens (tertiary/aromatic N) is 1. The molecule has 2 aromatic carbocycles. The van der Waals surface area contributed by atoms with Gasteiger partial charge in [0, 0.05) is 31.2 Å². The van der Waals surface area contributed by atoms with Gasteiger partial charge in [-0.1, -0.05) is 24.3 Å². The summed E-state index contributed by atoms with van der Waals surface area (Å²) in [5, 5.41) is 5.36. The molecule has 0 radical (unpaired) electrons. The van der Waals surface area contributed by atoms with Crippen molar-refractivity contribution in [3.8, 4) is 0 Å². The Morgan fingerprint density at radius 2 is 1.76 bits per heavy atom. The molecular formula is C20H21N5O3S. The number of para-hydroxylation sites is 1. The summed E-state index contributed by atoms with van der Waals surface area (Å²) < 4.78 is 27.7. The molecule has 1 heterocycles. The van der Waals surface area contributed by atoms with E-state index in [4.69, 9.17) is 5.73 Å². The van der Waals surface area contributed by atoms with Crippen molar-refractivity contribution in [3.63, 3.8) is 0 Å². The van der Waals surface area contributed by atoms with Gasteiger partial charge in [0.1, 0.15) is 0 Å². The number of amides is 2. The number of carbonyl (C=O) groups is 1. The van der Waals surface area contributed by atoms with E-state index in [1.165, 1.54) is 24.3 Å². The van der Waals surface area contributed by atoms with Crippen molar-refractivity contribution < 1.29 is 13.2 Å². The molecule has 5 N–H and O–H groups in total. The highest BCUT2D eigenvalue weighted by molar-refractivity contribution is 7.92. The molecule has 1 aromatic heterocycles. The van der Waals surface area contributed by atoms with Crippen LogP contribution in [-0.4, -0.2) is 19.4 Å². The number of urea groups is 1. The highest BCUT2D eigenvalue weighted by Gasteiger charge is 2.15. The van der Waals surface area contributed by atoms with Gasteiger partial charge in [0.2, 0.25) is 0 Å². The molecule has 0 fully saturated rings. The predicted molar refractivity (Wildman–Crippen MR) is 112 cm³/mol. The summed E-state index contributed by atoms with van der Waals surface area (Å²) >= 11 is 0. The number of pyridine rings is 1. The summed E-state index contributed by atoms with van der Waals surface area (Å²) in [6.07, 6.45) is 3.32. The van der Waals surface area contributed by atoms with Crippen LogP contribution < -0.4 is 21.1 Å². The first-order valence-electron chi connectivity index (χ1n) is 8.82. The molecule has 150 valence electrons. The molecule has 0 saturated carbocycles. The van der Waals surface area contributed by atoms with E-state index in [1.54, 1.807) is 42.7 Å². The number of carbonyl (C=O) groups excluding carboxylic acids is 1. The largest absolute Gasteiger partial charge is 0.334 e. The summed E-state index contributed by atoms with van der Waals surface area (Å²) in [5.41, 5.74) is 8.12. The van der Waals surface area contributed by atoms with Crippen LogP contribution in [0.2, 0.25) is 0 Å². The summed E-state index contributed by atoms with van der Waals surface area (Å²) in [4.78, 5) is 16.0. The lowest BCUT2D eigenvalue weighted by molar-refractivity contribution is 0.251. The zero-order chi connectivity index (χ0) is 20.7. The van der Waals surface area contributed by atoms with E-state index >= 15 is 0 Å². The van der Waals surface area contributed by atoms with Crippen molar-refractivity contribution in [2.45, 2.75) is 18.0 Å². The van der Waals surface area contributed by atoms with E-state index in [0.29, 0.717) is 23.5 Å². The van der Waals surface area contributed by atoms with Crippen molar-refractivity contribution in [2.24, 2.45) is 5.73 Å². The molecule has 2 amide bonds. The number of benzene rings is 2. The van der Waals surface area contributed by atoms with Gasteiger partial charge in [-0.3, -0.25) is 9.71 Å². The van der Waals surface area contributed by atoms with Gasteiger partial charge in [0.15, 0.2) is 0 Å². The van der Waals surface area contributed by atoms with Crippen molar-refractivity contribution in [3.05, 3.63) is 84.2 Å². The van der Waals surface area contributed by atoms with Gasteiger partial charge in [-0.15, -0.1) is 0 Å². The van der Waals surface area contributed by atoms with E-state index in [1.807, 2.05) is 6.07 Å². The molecule has 0 spiro atoms. The Labute approximate surface area is 169 Å². The number of nitrogens with one attached hydrogen (secondary N) is 3. The fraction of sp³-hybridized carbons (Fsp3) is 0.100. The monoisotopic (exact) mass is 411 g/mol. The minimum absolute atomic E-state index is 0.0747. The number of sulfonamides is 1. The number of rotatable bonds is 7. The Balaban J connectivity index is 1.62. The second kappa shape index (κ2) is 9.18. The Morgan fingerprint density at radius 1 is 1.00 bits per heavy atom. The van der Waals surface area contributed by atoms with Gasteiger partial charge in [0.05, 0.1) is 10.6 Å². The molecule has 0 bridgehead atoms. The minimum Gasteiger partial charge on any atom is -0.334 e. The Hall–Kier alpha value is -3.43. The molecule has 9 heteroatoms. The van der Waals surface area contributed by atoms with Gasteiger partial charge in [-0.2, -0.15) is 0 Å². The molecule has 8 nitrogen and oxygen atoms in total. The molecule has 0 aliphatic rings. The number of aromatic nitrogens is 1. The standard InChI is InChI=1S/C20H21N5O3S/c21-12-16-5-1-2-6-19(16)25-29(27,28)18-9-7-17(8-10-18)24-20(26)23-14-15-4-3-11-22-13-15/h1-11,13,25H,12,14,21H2,(H2,23,24,26). The lowest BCUT2D eigenvalue weighted by atomic mass is 10.2. The quantitative estimate of drug-likeness (QED) is 0.475. The number of nitrogens with two attached hydrogens (primary N) is 1. The average Bonchev–Trinajstić information content (AvgIpc) is 2.73. The summed E-state index contributed by atoms with van der Waals surface area (Å²) in [5.74, 6) is 0. The van der Waals surface area contributed by atoms with Crippen molar-refractivity contribution in [1.82, 2.24) is 10.3 Å². The Morgan fingerprint density at radius 3 is 2.45 bits per heavy atom. The highest BCUT2D eigenvalue weighted by atomic mass is 32.2. The van der Waals surface area contributed by atoms with E-state index < -0.39 is 16.1 Å². The molecular weight excluding hydrogens is 390 g/mol. The summed E-state index contributed by atoms with van der Waals surface area (Å²) in [7, 11) is -3.78. The molecule has 3 rings (SSSR count). The number of hydrogen-bond acceptors (Lipinski definition) is 5. The maximum atomic E-state index is 12.6. The smallest absolute Gasteiger partial charge is 0.319 e. The van der Waals surface area contributed by atoms with Crippen LogP contribution in [-0.2, 0) is 23.1 Å². The average molecular weight is 411 g/mol. The van der Waals surface area contributed by atoms with Crippen molar-refractivity contribution in [1.29, 1.82) is 0 Å². The second-order valence-electron chi connectivity index (χ2n) is 6.16. The Kier molecular flexibility index (Phi) is 6.43. The SMILES string of the molecule is NCc1ccccc1NS(=O)(=O)c1ccc(NC(=O)NCc2cccnc2)cc1. The first-order chi connectivity index (χ1) is 14.0. The Bertz CT molecular complexity index is 1070. The lowest BCUT2D eigenvalue weighted by Gasteiger charge is -2.12. The third kappa shape index (κ3) is 5.53. The van der Waals surface area contributed by atoms with E-state index in [0.717, 1.165) is 5.56 Å². The van der Waals surface area contributed by atoms with Crippen molar-refractivity contribution >= 4 is 27.4 Å². The third-order valence-electron chi connectivity index (χ3n) is 4.08. The molecule has 29 heavy (non-hydrogen) atoms. The zero-order valence-corrected chi connectivity index (χ0v) is 16.3. The van der Waals surface area contributed by atoms with Crippen LogP contribution in [0, 0.1) is 0 Å². The van der Waals surface area contributed by atoms with Gasteiger partial charge in [0.25, 0.3) is 10.0 Å². The second-order valence-corrected chi connectivity index (χ2v) is 7.84. The molecule has 0 unspecified atom stereocenters. The van der Waals surface area contributed by atoms with Gasteiger partial charge < -0.3 is 16.4 Å². The maximum absolute atomic E-state index is 12.6. The molecule has 0 saturated heterocycles.